The fraction of sp³-hybridized carbons (Fsp3) is 0.250. The van der Waals surface area contributed by atoms with Crippen LogP contribution in [0.1, 0.15) is 13.3 Å². The molecule has 0 bridgehead atoms. The number of fused-ring (bicyclic) bond motifs is 1. The van der Waals surface area contributed by atoms with Crippen LogP contribution in [0.15, 0.2) is 36.5 Å². The third-order valence-corrected chi connectivity index (χ3v) is 4.40. The average molecular weight is 400 g/mol. The van der Waals surface area contributed by atoms with Gasteiger partial charge < -0.3 is 9.47 Å². The summed E-state index contributed by atoms with van der Waals surface area (Å²) < 4.78 is 40.3. The van der Waals surface area contributed by atoms with Crippen molar-refractivity contribution >= 4 is 11.9 Å². The highest BCUT2D eigenvalue weighted by Crippen LogP contribution is 2.41. The van der Waals surface area contributed by atoms with Gasteiger partial charge in [-0.1, -0.05) is 0 Å². The lowest BCUT2D eigenvalue weighted by atomic mass is 10.0. The molecule has 29 heavy (non-hydrogen) atoms. The molecule has 0 spiro atoms. The minimum Gasteiger partial charge on any atom is -0.477 e. The number of benzene rings is 1. The first-order valence-corrected chi connectivity index (χ1v) is 9.16. The van der Waals surface area contributed by atoms with Gasteiger partial charge in [-0.3, -0.25) is 5.32 Å². The van der Waals surface area contributed by atoms with E-state index in [1.807, 2.05) is 0 Å². The topological polar surface area (TPSA) is 78.3 Å². The van der Waals surface area contributed by atoms with Gasteiger partial charge in [0.2, 0.25) is 5.88 Å². The monoisotopic (exact) mass is 400 g/mol. The van der Waals surface area contributed by atoms with E-state index in [1.54, 1.807) is 23.7 Å². The van der Waals surface area contributed by atoms with Gasteiger partial charge in [-0.25, -0.2) is 23.2 Å². The zero-order valence-electron chi connectivity index (χ0n) is 15.6. The second kappa shape index (κ2) is 7.86. The molecule has 150 valence electrons. The molecule has 3 heterocycles. The number of halogens is 2. The zero-order chi connectivity index (χ0) is 20.4. The van der Waals surface area contributed by atoms with Gasteiger partial charge >= 0.3 is 6.09 Å². The zero-order valence-corrected chi connectivity index (χ0v) is 15.6. The van der Waals surface area contributed by atoms with Crippen LogP contribution in [-0.2, 0) is 11.3 Å². The summed E-state index contributed by atoms with van der Waals surface area (Å²) in [7, 11) is 0. The van der Waals surface area contributed by atoms with E-state index in [4.69, 9.17) is 9.47 Å². The summed E-state index contributed by atoms with van der Waals surface area (Å²) in [6.07, 6.45) is 1.65. The number of nitrogens with zero attached hydrogens (tertiary/aromatic N) is 3. The molecule has 0 fully saturated rings. The normalized spacial score (nSPS) is 12.8. The SMILES string of the molecule is CCOC(=O)Nc1cc(-c2c(-c3ccc(F)cc3F)nn3c2OCCC3)ccn1. The highest BCUT2D eigenvalue weighted by molar-refractivity contribution is 5.88. The predicted octanol–water partition coefficient (Wildman–Crippen LogP) is 4.24. The molecule has 1 aliphatic heterocycles. The Bertz CT molecular complexity index is 1070. The molecule has 0 unspecified atom stereocenters. The number of nitrogens with one attached hydrogen (secondary N) is 1. The smallest absolute Gasteiger partial charge is 0.412 e. The predicted molar refractivity (Wildman–Crippen MR) is 102 cm³/mol. The summed E-state index contributed by atoms with van der Waals surface area (Å²) in [5.41, 5.74) is 1.65. The highest BCUT2D eigenvalue weighted by Gasteiger charge is 2.26. The molecule has 0 aliphatic carbocycles. The summed E-state index contributed by atoms with van der Waals surface area (Å²) in [6, 6.07) is 6.68. The summed E-state index contributed by atoms with van der Waals surface area (Å²) in [5, 5.41) is 7.04. The number of aryl methyl sites for hydroxylation is 1. The van der Waals surface area contributed by atoms with E-state index in [9.17, 15) is 13.6 Å². The second-order valence-corrected chi connectivity index (χ2v) is 6.35. The highest BCUT2D eigenvalue weighted by atomic mass is 19.1. The maximum atomic E-state index is 14.5. The number of hydrogen-bond donors (Lipinski definition) is 1. The second-order valence-electron chi connectivity index (χ2n) is 6.35. The molecule has 1 N–H and O–H groups in total. The Hall–Kier alpha value is -3.49. The van der Waals surface area contributed by atoms with Crippen LogP contribution < -0.4 is 10.1 Å². The molecule has 0 radical (unpaired) electrons. The van der Waals surface area contributed by atoms with Crippen LogP contribution in [0.2, 0.25) is 0 Å². The number of carbonyl (C=O) groups excluding carboxylic acids is 1. The van der Waals surface area contributed by atoms with Crippen LogP contribution in [0.5, 0.6) is 5.88 Å². The van der Waals surface area contributed by atoms with Gasteiger partial charge in [0.25, 0.3) is 0 Å². The van der Waals surface area contributed by atoms with Crippen molar-refractivity contribution in [3.05, 3.63) is 48.2 Å². The molecular formula is C20H18F2N4O3. The first-order chi connectivity index (χ1) is 14.1. The molecule has 3 aromatic rings. The van der Waals surface area contributed by atoms with Crippen molar-refractivity contribution in [3.8, 4) is 28.3 Å². The van der Waals surface area contributed by atoms with E-state index in [0.29, 0.717) is 35.9 Å². The van der Waals surface area contributed by atoms with Gasteiger partial charge in [0, 0.05) is 30.8 Å². The first kappa shape index (κ1) is 18.9. The lowest BCUT2D eigenvalue weighted by molar-refractivity contribution is 0.168. The van der Waals surface area contributed by atoms with Gasteiger partial charge in [0.15, 0.2) is 0 Å². The standard InChI is InChI=1S/C20H18F2N4O3/c1-2-28-20(27)24-16-10-12(6-7-23-16)17-18(14-5-4-13(21)11-15(14)22)25-26-8-3-9-29-19(17)26/h4-7,10-11H,2-3,8-9H2,1H3,(H,23,24,27). The van der Waals surface area contributed by atoms with E-state index >= 15 is 0 Å². The molecule has 7 nitrogen and oxygen atoms in total. The van der Waals surface area contributed by atoms with Crippen molar-refractivity contribution < 1.29 is 23.0 Å². The third kappa shape index (κ3) is 3.75. The molecule has 1 aliphatic rings. The number of amides is 1. The quantitative estimate of drug-likeness (QED) is 0.709. The van der Waals surface area contributed by atoms with Crippen molar-refractivity contribution in [2.24, 2.45) is 0 Å². The lowest BCUT2D eigenvalue weighted by Crippen LogP contribution is -2.15. The van der Waals surface area contributed by atoms with E-state index in [1.165, 1.54) is 18.3 Å². The fourth-order valence-corrected chi connectivity index (χ4v) is 3.18. The summed E-state index contributed by atoms with van der Waals surface area (Å²) in [4.78, 5) is 15.8. The van der Waals surface area contributed by atoms with Crippen LogP contribution in [0.4, 0.5) is 19.4 Å². The number of rotatable bonds is 4. The fourth-order valence-electron chi connectivity index (χ4n) is 3.18. The molecular weight excluding hydrogens is 382 g/mol. The molecule has 0 atom stereocenters. The third-order valence-electron chi connectivity index (χ3n) is 4.40. The van der Waals surface area contributed by atoms with Crippen molar-refractivity contribution in [1.29, 1.82) is 0 Å². The van der Waals surface area contributed by atoms with Crippen molar-refractivity contribution in [2.45, 2.75) is 19.9 Å². The molecule has 1 amide bonds. The Labute approximate surface area is 165 Å². The van der Waals surface area contributed by atoms with Gasteiger partial charge in [0.05, 0.1) is 18.8 Å². The molecule has 0 saturated heterocycles. The van der Waals surface area contributed by atoms with Crippen LogP contribution in [0, 0.1) is 11.6 Å². The minimum atomic E-state index is -0.722. The van der Waals surface area contributed by atoms with E-state index in [2.05, 4.69) is 15.4 Å². The van der Waals surface area contributed by atoms with E-state index in [0.717, 1.165) is 12.5 Å². The number of pyridine rings is 1. The largest absolute Gasteiger partial charge is 0.477 e. The van der Waals surface area contributed by atoms with Crippen molar-refractivity contribution in [2.75, 3.05) is 18.5 Å². The van der Waals surface area contributed by atoms with Crippen LogP contribution in [0.3, 0.4) is 0 Å². The maximum absolute atomic E-state index is 14.5. The number of aromatic nitrogens is 3. The van der Waals surface area contributed by atoms with Gasteiger partial charge in [-0.05, 0) is 36.8 Å². The average Bonchev–Trinajstić information content (AvgIpc) is 3.07. The van der Waals surface area contributed by atoms with Gasteiger partial charge in [-0.15, -0.1) is 0 Å². The van der Waals surface area contributed by atoms with Crippen LogP contribution in [0.25, 0.3) is 22.4 Å². The molecule has 0 saturated carbocycles. The maximum Gasteiger partial charge on any atom is 0.412 e. The van der Waals surface area contributed by atoms with Crippen LogP contribution >= 0.6 is 0 Å². The summed E-state index contributed by atoms with van der Waals surface area (Å²) in [6.45, 7) is 3.04. The number of ether oxygens (including phenoxy) is 2. The molecule has 4 rings (SSSR count). The minimum absolute atomic E-state index is 0.156. The van der Waals surface area contributed by atoms with Gasteiger partial charge in [-0.2, -0.15) is 5.10 Å². The Morgan fingerprint density at radius 2 is 2.17 bits per heavy atom. The van der Waals surface area contributed by atoms with E-state index in [-0.39, 0.29) is 18.0 Å². The van der Waals surface area contributed by atoms with Crippen LogP contribution in [-0.4, -0.2) is 34.1 Å². The Morgan fingerprint density at radius 1 is 1.31 bits per heavy atom. The Kier molecular flexibility index (Phi) is 5.11. The summed E-state index contributed by atoms with van der Waals surface area (Å²) >= 11 is 0. The first-order valence-electron chi connectivity index (χ1n) is 9.16. The molecule has 1 aromatic carbocycles. The number of anilines is 1. The lowest BCUT2D eigenvalue weighted by Gasteiger charge is -2.16. The van der Waals surface area contributed by atoms with Gasteiger partial charge in [0.1, 0.15) is 23.1 Å². The van der Waals surface area contributed by atoms with Crippen molar-refractivity contribution in [1.82, 2.24) is 14.8 Å². The number of hydrogen-bond acceptors (Lipinski definition) is 5. The number of carbonyl (C=O) groups is 1. The van der Waals surface area contributed by atoms with Crippen molar-refractivity contribution in [3.63, 3.8) is 0 Å². The van der Waals surface area contributed by atoms with E-state index < -0.39 is 17.7 Å². The summed E-state index contributed by atoms with van der Waals surface area (Å²) in [5.74, 6) is -0.635. The molecule has 2 aromatic heterocycles. The molecule has 9 heteroatoms. The Morgan fingerprint density at radius 3 is 2.97 bits per heavy atom. The Balaban J connectivity index is 1.83.